The van der Waals surface area contributed by atoms with Crippen LogP contribution in [-0.2, 0) is 4.84 Å². The summed E-state index contributed by atoms with van der Waals surface area (Å²) in [4.78, 5) is 45.3. The van der Waals surface area contributed by atoms with Crippen LogP contribution in [-0.4, -0.2) is 33.9 Å². The molecule has 3 rings (SSSR count). The van der Waals surface area contributed by atoms with Crippen molar-refractivity contribution in [2.45, 2.75) is 20.0 Å². The number of rotatable bonds is 4. The minimum Gasteiger partial charge on any atom is -0.475 e. The summed E-state index contributed by atoms with van der Waals surface area (Å²) in [5, 5.41) is 0.464. The Hall–Kier alpha value is -3.22. The number of hydroxylamine groups is 2. The molecule has 1 aliphatic rings. The Balaban J connectivity index is 1.74. The summed E-state index contributed by atoms with van der Waals surface area (Å²) in [5.74, 6) is -1.83. The third-order valence-corrected chi connectivity index (χ3v) is 3.26. The fourth-order valence-electron chi connectivity index (χ4n) is 2.20. The molecule has 7 heteroatoms. The van der Waals surface area contributed by atoms with Gasteiger partial charge in [0, 0.05) is 12.3 Å². The maximum absolute atomic E-state index is 12.1. The average Bonchev–Trinajstić information content (AvgIpc) is 2.80. The molecular weight excluding hydrogens is 312 g/mol. The first-order chi connectivity index (χ1) is 11.5. The van der Waals surface area contributed by atoms with Crippen LogP contribution in [0.5, 0.6) is 5.88 Å². The maximum Gasteiger partial charge on any atom is 0.365 e. The lowest BCUT2D eigenvalue weighted by Crippen LogP contribution is -2.32. The number of imide groups is 1. The zero-order chi connectivity index (χ0) is 17.3. The van der Waals surface area contributed by atoms with Crippen LogP contribution in [0, 0.1) is 0 Å². The number of ether oxygens (including phenoxy) is 1. The molecule has 0 aliphatic carbocycles. The number of carbonyl (C=O) groups excluding carboxylic acids is 3. The topological polar surface area (TPSA) is 85.8 Å². The molecule has 2 heterocycles. The van der Waals surface area contributed by atoms with Crippen molar-refractivity contribution in [1.82, 2.24) is 10.0 Å². The summed E-state index contributed by atoms with van der Waals surface area (Å²) >= 11 is 0. The van der Waals surface area contributed by atoms with Crippen LogP contribution in [0.4, 0.5) is 0 Å². The van der Waals surface area contributed by atoms with Crippen LogP contribution in [0.1, 0.15) is 44.9 Å². The van der Waals surface area contributed by atoms with Crippen LogP contribution in [0.2, 0.25) is 0 Å². The highest BCUT2D eigenvalue weighted by molar-refractivity contribution is 6.21. The van der Waals surface area contributed by atoms with Crippen LogP contribution in [0.25, 0.3) is 0 Å². The maximum atomic E-state index is 12.1. The Labute approximate surface area is 137 Å². The molecule has 24 heavy (non-hydrogen) atoms. The van der Waals surface area contributed by atoms with Crippen molar-refractivity contribution in [1.29, 1.82) is 0 Å². The molecule has 1 aromatic heterocycles. The quantitative estimate of drug-likeness (QED) is 0.801. The van der Waals surface area contributed by atoms with E-state index >= 15 is 0 Å². The predicted molar refractivity (Wildman–Crippen MR) is 82.4 cm³/mol. The molecule has 0 N–H and O–H groups in total. The first-order valence-electron chi connectivity index (χ1n) is 7.30. The van der Waals surface area contributed by atoms with E-state index in [2.05, 4.69) is 4.98 Å². The zero-order valence-corrected chi connectivity index (χ0v) is 13.1. The lowest BCUT2D eigenvalue weighted by atomic mass is 10.1. The van der Waals surface area contributed by atoms with Crippen LogP contribution >= 0.6 is 0 Å². The second-order valence-electron chi connectivity index (χ2n) is 5.38. The molecule has 122 valence electrons. The number of benzene rings is 1. The van der Waals surface area contributed by atoms with Crippen molar-refractivity contribution in [3.05, 3.63) is 59.3 Å². The normalized spacial score (nSPS) is 13.2. The molecular formula is C17H14N2O5. The van der Waals surface area contributed by atoms with Gasteiger partial charge >= 0.3 is 5.97 Å². The van der Waals surface area contributed by atoms with Gasteiger partial charge < -0.3 is 9.57 Å². The second-order valence-corrected chi connectivity index (χ2v) is 5.38. The molecule has 0 unspecified atom stereocenters. The third-order valence-electron chi connectivity index (χ3n) is 3.26. The van der Waals surface area contributed by atoms with E-state index in [4.69, 9.17) is 9.57 Å². The molecule has 0 saturated carbocycles. The molecule has 2 aromatic rings. The monoisotopic (exact) mass is 326 g/mol. The van der Waals surface area contributed by atoms with Gasteiger partial charge in [0.15, 0.2) is 0 Å². The SMILES string of the molecule is CC(C)Oc1ccc(C(=O)ON2C(=O)c3ccccc3C2=O)cn1. The van der Waals surface area contributed by atoms with Gasteiger partial charge in [-0.1, -0.05) is 17.2 Å². The number of amides is 2. The lowest BCUT2D eigenvalue weighted by Gasteiger charge is -2.13. The number of fused-ring (bicyclic) bond motifs is 1. The molecule has 7 nitrogen and oxygen atoms in total. The summed E-state index contributed by atoms with van der Waals surface area (Å²) in [6, 6.07) is 9.23. The van der Waals surface area contributed by atoms with E-state index in [0.717, 1.165) is 0 Å². The number of carbonyl (C=O) groups is 3. The predicted octanol–water partition coefficient (Wildman–Crippen LogP) is 2.24. The number of hydrogen-bond acceptors (Lipinski definition) is 6. The molecule has 1 aromatic carbocycles. The van der Waals surface area contributed by atoms with E-state index in [1.165, 1.54) is 30.5 Å². The highest BCUT2D eigenvalue weighted by Gasteiger charge is 2.38. The van der Waals surface area contributed by atoms with Gasteiger partial charge in [-0.3, -0.25) is 9.59 Å². The molecule has 0 radical (unpaired) electrons. The Morgan fingerprint density at radius 2 is 1.67 bits per heavy atom. The Morgan fingerprint density at radius 3 is 2.17 bits per heavy atom. The summed E-state index contributed by atoms with van der Waals surface area (Å²) < 4.78 is 5.38. The van der Waals surface area contributed by atoms with Gasteiger partial charge in [-0.05, 0) is 32.0 Å². The summed E-state index contributed by atoms with van der Waals surface area (Å²) in [7, 11) is 0. The number of pyridine rings is 1. The van der Waals surface area contributed by atoms with Gasteiger partial charge in [-0.25, -0.2) is 9.78 Å². The van der Waals surface area contributed by atoms with E-state index in [1.54, 1.807) is 12.1 Å². The molecule has 2 amide bonds. The van der Waals surface area contributed by atoms with Crippen molar-refractivity contribution < 1.29 is 24.0 Å². The molecule has 0 spiro atoms. The second kappa shape index (κ2) is 6.11. The number of hydrogen-bond donors (Lipinski definition) is 0. The highest BCUT2D eigenvalue weighted by Crippen LogP contribution is 2.23. The lowest BCUT2D eigenvalue weighted by molar-refractivity contribution is -0.0584. The summed E-state index contributed by atoms with van der Waals surface area (Å²) in [6.07, 6.45) is 1.21. The summed E-state index contributed by atoms with van der Waals surface area (Å²) in [6.45, 7) is 3.71. The minimum atomic E-state index is -0.854. The van der Waals surface area contributed by atoms with Gasteiger partial charge in [0.25, 0.3) is 11.8 Å². The van der Waals surface area contributed by atoms with E-state index in [-0.39, 0.29) is 22.8 Å². The first-order valence-corrected chi connectivity index (χ1v) is 7.30. The van der Waals surface area contributed by atoms with E-state index < -0.39 is 17.8 Å². The fraction of sp³-hybridized carbons (Fsp3) is 0.176. The Kier molecular flexibility index (Phi) is 3.99. The summed E-state index contributed by atoms with van der Waals surface area (Å²) in [5.41, 5.74) is 0.505. The van der Waals surface area contributed by atoms with Gasteiger partial charge in [0.2, 0.25) is 5.88 Å². The third kappa shape index (κ3) is 2.83. The van der Waals surface area contributed by atoms with E-state index in [9.17, 15) is 14.4 Å². The van der Waals surface area contributed by atoms with Gasteiger partial charge in [-0.15, -0.1) is 0 Å². The number of nitrogens with zero attached hydrogens (tertiary/aromatic N) is 2. The molecule has 1 aliphatic heterocycles. The largest absolute Gasteiger partial charge is 0.475 e. The van der Waals surface area contributed by atoms with E-state index in [1.807, 2.05) is 13.8 Å². The molecule has 0 bridgehead atoms. The van der Waals surface area contributed by atoms with Gasteiger partial charge in [-0.2, -0.15) is 0 Å². The smallest absolute Gasteiger partial charge is 0.365 e. The highest BCUT2D eigenvalue weighted by atomic mass is 16.7. The minimum absolute atomic E-state index is 0.0475. The van der Waals surface area contributed by atoms with Crippen LogP contribution in [0.3, 0.4) is 0 Å². The van der Waals surface area contributed by atoms with Gasteiger partial charge in [0.1, 0.15) is 0 Å². The van der Waals surface area contributed by atoms with Crippen molar-refractivity contribution >= 4 is 17.8 Å². The van der Waals surface area contributed by atoms with Crippen LogP contribution < -0.4 is 4.74 Å². The average molecular weight is 326 g/mol. The fourth-order valence-corrected chi connectivity index (χ4v) is 2.20. The van der Waals surface area contributed by atoms with Crippen molar-refractivity contribution in [3.8, 4) is 5.88 Å². The Morgan fingerprint density at radius 1 is 1.04 bits per heavy atom. The van der Waals surface area contributed by atoms with Crippen molar-refractivity contribution in [2.24, 2.45) is 0 Å². The zero-order valence-electron chi connectivity index (χ0n) is 13.1. The van der Waals surface area contributed by atoms with E-state index in [0.29, 0.717) is 10.9 Å². The molecule has 0 atom stereocenters. The Bertz CT molecular complexity index is 779. The number of aromatic nitrogens is 1. The standard InChI is InChI=1S/C17H14N2O5/c1-10(2)23-14-8-7-11(9-18-14)17(22)24-19-15(20)12-5-3-4-6-13(12)16(19)21/h3-10H,1-2H3. The van der Waals surface area contributed by atoms with Crippen LogP contribution in [0.15, 0.2) is 42.6 Å². The molecule has 0 fully saturated rings. The van der Waals surface area contributed by atoms with Crippen molar-refractivity contribution in [3.63, 3.8) is 0 Å². The van der Waals surface area contributed by atoms with Gasteiger partial charge in [0.05, 0.1) is 22.8 Å². The van der Waals surface area contributed by atoms with Crippen molar-refractivity contribution in [2.75, 3.05) is 0 Å². The molecule has 0 saturated heterocycles. The first kappa shape index (κ1) is 15.7.